The molecule has 0 N–H and O–H groups in total. The van der Waals surface area contributed by atoms with Crippen LogP contribution in [-0.4, -0.2) is 29.0 Å². The summed E-state index contributed by atoms with van der Waals surface area (Å²) in [5.74, 6) is -4.86. The minimum atomic E-state index is -2.13. The zero-order valence-corrected chi connectivity index (χ0v) is 19.8. The number of hydrogen-bond acceptors (Lipinski definition) is 5. The van der Waals surface area contributed by atoms with E-state index in [1.165, 1.54) is 18.2 Å². The van der Waals surface area contributed by atoms with Crippen molar-refractivity contribution >= 4 is 52.3 Å². The van der Waals surface area contributed by atoms with Crippen molar-refractivity contribution in [1.82, 2.24) is 0 Å². The van der Waals surface area contributed by atoms with Crippen molar-refractivity contribution in [1.29, 1.82) is 0 Å². The van der Waals surface area contributed by atoms with E-state index in [4.69, 9.17) is 27.9 Å². The van der Waals surface area contributed by atoms with Gasteiger partial charge < -0.3 is 4.74 Å². The SMILES string of the molecule is Cc1ccc(N2C(=O)[C@@H]3[C@@H](c4cccc(Cl)c4)OC4(C(=O)c5ccccc5C4=O)[C@H]3C2=O)cc1Cl. The third-order valence-electron chi connectivity index (χ3n) is 7.11. The van der Waals surface area contributed by atoms with Crippen molar-refractivity contribution in [3.05, 3.63) is 99.0 Å². The number of imide groups is 1. The maximum atomic E-state index is 13.9. The molecule has 2 aliphatic heterocycles. The summed E-state index contributed by atoms with van der Waals surface area (Å²) in [7, 11) is 0. The molecule has 2 fully saturated rings. The molecule has 0 unspecified atom stereocenters. The average Bonchev–Trinajstić information content (AvgIpc) is 3.41. The molecule has 174 valence electrons. The molecule has 2 saturated heterocycles. The Kier molecular flexibility index (Phi) is 4.81. The summed E-state index contributed by atoms with van der Waals surface area (Å²) in [6.45, 7) is 1.81. The lowest BCUT2D eigenvalue weighted by Gasteiger charge is -2.27. The molecule has 2 heterocycles. The number of carbonyl (C=O) groups excluding carboxylic acids is 4. The first-order valence-corrected chi connectivity index (χ1v) is 11.8. The van der Waals surface area contributed by atoms with E-state index < -0.39 is 46.9 Å². The first-order valence-electron chi connectivity index (χ1n) is 11.0. The van der Waals surface area contributed by atoms with Crippen LogP contribution in [0.4, 0.5) is 5.69 Å². The molecule has 6 nitrogen and oxygen atoms in total. The Morgan fingerprint density at radius 1 is 0.829 bits per heavy atom. The fraction of sp³-hybridized carbons (Fsp3) is 0.185. The van der Waals surface area contributed by atoms with E-state index in [1.54, 1.807) is 55.5 Å². The number of Topliss-reactive ketones (excluding diaryl/α,β-unsaturated/α-hetero) is 2. The van der Waals surface area contributed by atoms with E-state index in [0.29, 0.717) is 15.6 Å². The monoisotopic (exact) mass is 505 g/mol. The van der Waals surface area contributed by atoms with Gasteiger partial charge in [-0.15, -0.1) is 0 Å². The molecule has 1 aliphatic carbocycles. The number of benzene rings is 3. The van der Waals surface area contributed by atoms with E-state index in [-0.39, 0.29) is 16.8 Å². The molecule has 3 aromatic rings. The normalized spacial score (nSPS) is 24.4. The Morgan fingerprint density at radius 2 is 1.51 bits per heavy atom. The molecule has 1 spiro atoms. The largest absolute Gasteiger partial charge is 0.349 e. The van der Waals surface area contributed by atoms with Crippen LogP contribution in [-0.2, 0) is 14.3 Å². The molecule has 3 aliphatic rings. The second-order valence-corrected chi connectivity index (χ2v) is 9.83. The van der Waals surface area contributed by atoms with E-state index in [2.05, 4.69) is 0 Å². The molecular formula is C27H17Cl2NO5. The van der Waals surface area contributed by atoms with Crippen LogP contribution in [0.25, 0.3) is 0 Å². The van der Waals surface area contributed by atoms with Gasteiger partial charge in [0.05, 0.1) is 23.6 Å². The number of rotatable bonds is 2. The van der Waals surface area contributed by atoms with Gasteiger partial charge in [0, 0.05) is 21.2 Å². The summed E-state index contributed by atoms with van der Waals surface area (Å²) in [6.07, 6.45) is -1.02. The van der Waals surface area contributed by atoms with Crippen LogP contribution in [0, 0.1) is 18.8 Å². The number of aryl methyl sites for hydroxylation is 1. The number of halogens is 2. The third-order valence-corrected chi connectivity index (χ3v) is 7.75. The summed E-state index contributed by atoms with van der Waals surface area (Å²) in [6, 6.07) is 17.9. The lowest BCUT2D eigenvalue weighted by Crippen LogP contribution is -2.51. The molecule has 0 aromatic heterocycles. The highest BCUT2D eigenvalue weighted by Gasteiger charge is 2.74. The fourth-order valence-electron chi connectivity index (χ4n) is 5.48. The van der Waals surface area contributed by atoms with E-state index in [0.717, 1.165) is 10.5 Å². The number of hydrogen-bond donors (Lipinski definition) is 0. The van der Waals surface area contributed by atoms with Crippen molar-refractivity contribution in [2.75, 3.05) is 4.90 Å². The van der Waals surface area contributed by atoms with Gasteiger partial charge in [0.2, 0.25) is 29.0 Å². The van der Waals surface area contributed by atoms with Crippen molar-refractivity contribution in [2.24, 2.45) is 11.8 Å². The Labute approximate surface area is 210 Å². The molecule has 0 saturated carbocycles. The van der Waals surface area contributed by atoms with Gasteiger partial charge in [0.1, 0.15) is 0 Å². The molecule has 6 rings (SSSR count). The van der Waals surface area contributed by atoms with Crippen molar-refractivity contribution in [3.8, 4) is 0 Å². The van der Waals surface area contributed by atoms with Crippen LogP contribution in [0.15, 0.2) is 66.7 Å². The molecule has 35 heavy (non-hydrogen) atoms. The maximum Gasteiger partial charge on any atom is 0.241 e. The number of ketones is 2. The second kappa shape index (κ2) is 7.59. The standard InChI is InChI=1S/C27H17Cl2NO5/c1-13-9-10-16(12-19(13)29)30-25(33)20-21(26(30)34)27(35-22(20)14-5-4-6-15(28)11-14)23(31)17-7-2-3-8-18(17)24(27)32/h2-12,20-22H,1H3/t20-,21+,22+/m0/s1. The van der Waals surface area contributed by atoms with Gasteiger partial charge in [-0.05, 0) is 42.3 Å². The first kappa shape index (κ1) is 22.2. The molecule has 0 radical (unpaired) electrons. The van der Waals surface area contributed by atoms with Gasteiger partial charge in [-0.1, -0.05) is 65.7 Å². The number of anilines is 1. The number of nitrogens with zero attached hydrogens (tertiary/aromatic N) is 1. The highest BCUT2D eigenvalue weighted by atomic mass is 35.5. The minimum absolute atomic E-state index is 0.181. The Balaban J connectivity index is 1.55. The molecular weight excluding hydrogens is 489 g/mol. The average molecular weight is 506 g/mol. The lowest BCUT2D eigenvalue weighted by atomic mass is 9.77. The summed E-state index contributed by atoms with van der Waals surface area (Å²) in [4.78, 5) is 56.2. The summed E-state index contributed by atoms with van der Waals surface area (Å²) in [5, 5.41) is 0.785. The van der Waals surface area contributed by atoms with E-state index >= 15 is 0 Å². The van der Waals surface area contributed by atoms with Crippen LogP contribution < -0.4 is 4.90 Å². The van der Waals surface area contributed by atoms with Crippen LogP contribution in [0.2, 0.25) is 10.0 Å². The van der Waals surface area contributed by atoms with Gasteiger partial charge >= 0.3 is 0 Å². The lowest BCUT2D eigenvalue weighted by molar-refractivity contribution is -0.127. The Morgan fingerprint density at radius 3 is 2.14 bits per heavy atom. The molecule has 0 bridgehead atoms. The molecule has 2 amide bonds. The van der Waals surface area contributed by atoms with Crippen molar-refractivity contribution in [2.45, 2.75) is 18.6 Å². The maximum absolute atomic E-state index is 13.9. The molecule has 8 heteroatoms. The highest BCUT2D eigenvalue weighted by molar-refractivity contribution is 6.37. The minimum Gasteiger partial charge on any atom is -0.349 e. The quantitative estimate of drug-likeness (QED) is 0.361. The number of amides is 2. The second-order valence-electron chi connectivity index (χ2n) is 8.98. The number of ether oxygens (including phenoxy) is 1. The topological polar surface area (TPSA) is 80.8 Å². The zero-order valence-electron chi connectivity index (χ0n) is 18.3. The Hall–Kier alpha value is -3.32. The van der Waals surface area contributed by atoms with Gasteiger partial charge in [0.25, 0.3) is 0 Å². The molecule has 3 aromatic carbocycles. The highest BCUT2D eigenvalue weighted by Crippen LogP contribution is 2.57. The van der Waals surface area contributed by atoms with Gasteiger partial charge in [-0.2, -0.15) is 0 Å². The van der Waals surface area contributed by atoms with Crippen molar-refractivity contribution in [3.63, 3.8) is 0 Å². The summed E-state index contributed by atoms with van der Waals surface area (Å²) < 4.78 is 6.24. The smallest absolute Gasteiger partial charge is 0.241 e. The van der Waals surface area contributed by atoms with Gasteiger partial charge in [-0.3, -0.25) is 19.2 Å². The first-order chi connectivity index (χ1) is 16.8. The van der Waals surface area contributed by atoms with Crippen LogP contribution in [0.3, 0.4) is 0 Å². The van der Waals surface area contributed by atoms with Crippen molar-refractivity contribution < 1.29 is 23.9 Å². The predicted octanol–water partition coefficient (Wildman–Crippen LogP) is 5.00. The summed E-state index contributed by atoms with van der Waals surface area (Å²) >= 11 is 12.5. The predicted molar refractivity (Wildman–Crippen MR) is 129 cm³/mol. The van der Waals surface area contributed by atoms with Gasteiger partial charge in [0.15, 0.2) is 0 Å². The third kappa shape index (κ3) is 2.88. The summed E-state index contributed by atoms with van der Waals surface area (Å²) in [5.41, 5.74) is -0.202. The van der Waals surface area contributed by atoms with Crippen LogP contribution in [0.5, 0.6) is 0 Å². The fourth-order valence-corrected chi connectivity index (χ4v) is 5.85. The van der Waals surface area contributed by atoms with E-state index in [1.807, 2.05) is 0 Å². The van der Waals surface area contributed by atoms with Crippen LogP contribution in [0.1, 0.15) is 37.9 Å². The zero-order chi connectivity index (χ0) is 24.6. The number of fused-ring (bicyclic) bond motifs is 3. The molecule has 3 atom stereocenters. The van der Waals surface area contributed by atoms with Gasteiger partial charge in [-0.25, -0.2) is 4.90 Å². The van der Waals surface area contributed by atoms with E-state index in [9.17, 15) is 19.2 Å². The number of carbonyl (C=O) groups is 4. The Bertz CT molecular complexity index is 1450. The van der Waals surface area contributed by atoms with Crippen LogP contribution >= 0.6 is 23.2 Å².